The normalized spacial score (nSPS) is 12.9. The van der Waals surface area contributed by atoms with Gasteiger partial charge in [-0.2, -0.15) is 0 Å². The number of hydrogen-bond acceptors (Lipinski definition) is 4. The zero-order chi connectivity index (χ0) is 29.6. The predicted molar refractivity (Wildman–Crippen MR) is 156 cm³/mol. The molecule has 0 saturated carbocycles. The quantitative estimate of drug-likeness (QED) is 0.315. The number of nitrogens with zero attached hydrogens (tertiary/aromatic N) is 2. The number of aryl methyl sites for hydroxylation is 2. The van der Waals surface area contributed by atoms with E-state index in [1.54, 1.807) is 44.2 Å². The number of carbonyl (C=O) groups excluding carboxylic acids is 2. The van der Waals surface area contributed by atoms with Crippen LogP contribution in [-0.4, -0.2) is 43.8 Å². The molecule has 1 N–H and O–H groups in total. The van der Waals surface area contributed by atoms with Crippen molar-refractivity contribution in [2.45, 2.75) is 64.6 Å². The Hall–Kier alpha value is -3.43. The van der Waals surface area contributed by atoms with Crippen LogP contribution < -0.4 is 9.62 Å². The molecule has 0 heterocycles. The average Bonchev–Trinajstić information content (AvgIpc) is 2.91. The molecule has 2 amide bonds. The molecule has 7 nitrogen and oxygen atoms in total. The largest absolute Gasteiger partial charge is 0.352 e. The molecule has 0 aliphatic carbocycles. The van der Waals surface area contributed by atoms with Crippen LogP contribution in [0.5, 0.6) is 0 Å². The molecule has 3 aromatic rings. The lowest BCUT2D eigenvalue weighted by Crippen LogP contribution is -2.52. The second-order valence-electron chi connectivity index (χ2n) is 9.86. The molecule has 0 aliphatic heterocycles. The Labute approximate surface area is 241 Å². The molecular weight excluding hydrogens is 553 g/mol. The van der Waals surface area contributed by atoms with Gasteiger partial charge in [-0.15, -0.1) is 0 Å². The Morgan fingerprint density at radius 2 is 1.65 bits per heavy atom. The third-order valence-corrected chi connectivity index (χ3v) is 8.79. The van der Waals surface area contributed by atoms with Gasteiger partial charge in [-0.25, -0.2) is 12.8 Å². The minimum atomic E-state index is -4.22. The summed E-state index contributed by atoms with van der Waals surface area (Å²) in [4.78, 5) is 28.2. The Balaban J connectivity index is 2.07. The highest BCUT2D eigenvalue weighted by Gasteiger charge is 2.33. The Morgan fingerprint density at radius 3 is 2.25 bits per heavy atom. The van der Waals surface area contributed by atoms with Gasteiger partial charge >= 0.3 is 0 Å². The van der Waals surface area contributed by atoms with Crippen molar-refractivity contribution in [3.8, 4) is 0 Å². The fourth-order valence-electron chi connectivity index (χ4n) is 4.11. The summed E-state index contributed by atoms with van der Waals surface area (Å²) in [5, 5.41) is 3.27. The van der Waals surface area contributed by atoms with Crippen LogP contribution in [0.15, 0.2) is 71.6 Å². The van der Waals surface area contributed by atoms with Crippen LogP contribution in [0.4, 0.5) is 10.1 Å². The first-order chi connectivity index (χ1) is 18.8. The molecule has 0 fully saturated rings. The van der Waals surface area contributed by atoms with E-state index in [1.165, 1.54) is 41.3 Å². The molecule has 0 aromatic heterocycles. The van der Waals surface area contributed by atoms with E-state index in [4.69, 9.17) is 11.6 Å². The fourth-order valence-corrected chi connectivity index (χ4v) is 5.81. The van der Waals surface area contributed by atoms with Crippen molar-refractivity contribution in [3.05, 3.63) is 94.3 Å². The van der Waals surface area contributed by atoms with Crippen molar-refractivity contribution in [2.24, 2.45) is 0 Å². The first-order valence-electron chi connectivity index (χ1n) is 13.0. The van der Waals surface area contributed by atoms with Gasteiger partial charge in [-0.1, -0.05) is 54.4 Å². The smallest absolute Gasteiger partial charge is 0.264 e. The van der Waals surface area contributed by atoms with Crippen molar-refractivity contribution < 1.29 is 22.4 Å². The van der Waals surface area contributed by atoms with Crippen molar-refractivity contribution >= 4 is 39.1 Å². The van der Waals surface area contributed by atoms with E-state index in [9.17, 15) is 22.4 Å². The molecule has 10 heteroatoms. The zero-order valence-corrected chi connectivity index (χ0v) is 24.9. The van der Waals surface area contributed by atoms with Gasteiger partial charge < -0.3 is 10.2 Å². The van der Waals surface area contributed by atoms with Crippen LogP contribution in [-0.2, 0) is 26.2 Å². The van der Waals surface area contributed by atoms with Crippen LogP contribution in [0.3, 0.4) is 0 Å². The summed E-state index contributed by atoms with van der Waals surface area (Å²) in [6.45, 7) is 8.00. The first kappa shape index (κ1) is 31.1. The number of sulfonamides is 1. The van der Waals surface area contributed by atoms with E-state index < -0.39 is 40.2 Å². The lowest BCUT2D eigenvalue weighted by atomic mass is 10.1. The van der Waals surface area contributed by atoms with Crippen LogP contribution in [0.1, 0.15) is 43.9 Å². The lowest BCUT2D eigenvalue weighted by molar-refractivity contribution is -0.139. The number of carbonyl (C=O) groups is 2. The van der Waals surface area contributed by atoms with Crippen molar-refractivity contribution in [2.75, 3.05) is 10.8 Å². The maximum absolute atomic E-state index is 14.6. The van der Waals surface area contributed by atoms with E-state index in [-0.39, 0.29) is 28.7 Å². The molecule has 40 heavy (non-hydrogen) atoms. The van der Waals surface area contributed by atoms with Crippen LogP contribution in [0, 0.1) is 19.7 Å². The number of anilines is 1. The van der Waals surface area contributed by atoms with Crippen molar-refractivity contribution in [3.63, 3.8) is 0 Å². The summed E-state index contributed by atoms with van der Waals surface area (Å²) in [6.07, 6.45) is 0.679. The molecule has 214 valence electrons. The molecule has 0 unspecified atom stereocenters. The molecule has 0 aliphatic rings. The van der Waals surface area contributed by atoms with Crippen LogP contribution >= 0.6 is 11.6 Å². The Kier molecular flexibility index (Phi) is 10.3. The number of hydrogen-bond donors (Lipinski definition) is 1. The van der Waals surface area contributed by atoms with Crippen LogP contribution in [0.25, 0.3) is 0 Å². The SMILES string of the molecule is CC[C@H](C)NC(=O)[C@H](C)N(Cc1ccccc1F)C(=O)CN(c1ccc(Cl)cc1C)S(=O)(=O)c1ccc(C)cc1. The fraction of sp³-hybridized carbons (Fsp3) is 0.333. The zero-order valence-electron chi connectivity index (χ0n) is 23.3. The second-order valence-corrected chi connectivity index (χ2v) is 12.2. The molecular formula is C30H35ClFN3O4S. The number of nitrogens with one attached hydrogen (secondary N) is 1. The Bertz CT molecular complexity index is 1460. The standard InChI is InChI=1S/C30H35ClFN3O4S/c1-6-22(4)33-30(37)23(5)34(18-24-9-7-8-10-27(24)32)29(36)19-35(28-16-13-25(31)17-21(28)3)40(38,39)26-14-11-20(2)12-15-26/h7-17,22-23H,6,18-19H2,1-5H3,(H,33,37)/t22-,23-/m0/s1. The third kappa shape index (κ3) is 7.40. The molecule has 3 aromatic carbocycles. The van der Waals surface area contributed by atoms with E-state index in [1.807, 2.05) is 20.8 Å². The van der Waals surface area contributed by atoms with Crippen LogP contribution in [0.2, 0.25) is 5.02 Å². The number of rotatable bonds is 11. The summed E-state index contributed by atoms with van der Waals surface area (Å²) < 4.78 is 43.5. The highest BCUT2D eigenvalue weighted by atomic mass is 35.5. The highest BCUT2D eigenvalue weighted by molar-refractivity contribution is 7.92. The van der Waals surface area contributed by atoms with E-state index in [0.717, 1.165) is 9.87 Å². The number of amides is 2. The molecule has 0 radical (unpaired) electrons. The van der Waals surface area contributed by atoms with Gasteiger partial charge in [0.2, 0.25) is 11.8 Å². The minimum absolute atomic E-state index is 0.00321. The molecule has 0 spiro atoms. The molecule has 2 atom stereocenters. The monoisotopic (exact) mass is 587 g/mol. The third-order valence-electron chi connectivity index (χ3n) is 6.78. The van der Waals surface area contributed by atoms with Crippen molar-refractivity contribution in [1.82, 2.24) is 10.2 Å². The summed E-state index contributed by atoms with van der Waals surface area (Å²) in [7, 11) is -4.22. The average molecular weight is 588 g/mol. The van der Waals surface area contributed by atoms with E-state index in [0.29, 0.717) is 17.0 Å². The predicted octanol–water partition coefficient (Wildman–Crippen LogP) is 5.62. The van der Waals surface area contributed by atoms with E-state index in [2.05, 4.69) is 5.32 Å². The number of benzene rings is 3. The topological polar surface area (TPSA) is 86.8 Å². The van der Waals surface area contributed by atoms with Gasteiger partial charge in [0.25, 0.3) is 10.0 Å². The van der Waals surface area contributed by atoms with Gasteiger partial charge in [0, 0.05) is 23.2 Å². The van der Waals surface area contributed by atoms with Gasteiger partial charge in [-0.3, -0.25) is 13.9 Å². The summed E-state index contributed by atoms with van der Waals surface area (Å²) in [6, 6.07) is 15.8. The maximum Gasteiger partial charge on any atom is 0.264 e. The summed E-state index contributed by atoms with van der Waals surface area (Å²) in [5.74, 6) is -1.62. The highest BCUT2D eigenvalue weighted by Crippen LogP contribution is 2.29. The van der Waals surface area contributed by atoms with Gasteiger partial charge in [0.15, 0.2) is 0 Å². The minimum Gasteiger partial charge on any atom is -0.352 e. The Morgan fingerprint density at radius 1 is 1.00 bits per heavy atom. The number of halogens is 2. The summed E-state index contributed by atoms with van der Waals surface area (Å²) >= 11 is 6.14. The van der Waals surface area contributed by atoms with E-state index >= 15 is 0 Å². The second kappa shape index (κ2) is 13.3. The first-order valence-corrected chi connectivity index (χ1v) is 14.9. The van der Waals surface area contributed by atoms with Gasteiger partial charge in [0.05, 0.1) is 10.6 Å². The molecule has 0 bridgehead atoms. The maximum atomic E-state index is 14.6. The van der Waals surface area contributed by atoms with Crippen molar-refractivity contribution in [1.29, 1.82) is 0 Å². The van der Waals surface area contributed by atoms with Gasteiger partial charge in [0.1, 0.15) is 18.4 Å². The lowest BCUT2D eigenvalue weighted by Gasteiger charge is -2.33. The molecule has 3 rings (SSSR count). The van der Waals surface area contributed by atoms with Gasteiger partial charge in [-0.05, 0) is 76.1 Å². The molecule has 0 saturated heterocycles. The summed E-state index contributed by atoms with van der Waals surface area (Å²) in [5.41, 5.74) is 1.89.